The summed E-state index contributed by atoms with van der Waals surface area (Å²) < 4.78 is 10.8. The minimum absolute atomic E-state index is 0.00572. The van der Waals surface area contributed by atoms with E-state index in [4.69, 9.17) is 9.47 Å². The van der Waals surface area contributed by atoms with Gasteiger partial charge in [-0.25, -0.2) is 4.98 Å². The summed E-state index contributed by atoms with van der Waals surface area (Å²) >= 11 is 0. The van der Waals surface area contributed by atoms with E-state index in [9.17, 15) is 9.59 Å². The van der Waals surface area contributed by atoms with Gasteiger partial charge in [0.2, 0.25) is 6.41 Å². The van der Waals surface area contributed by atoms with Gasteiger partial charge in [-0.05, 0) is 31.0 Å². The van der Waals surface area contributed by atoms with E-state index in [1.54, 1.807) is 11.1 Å². The first kappa shape index (κ1) is 20.7. The number of morpholine rings is 1. The van der Waals surface area contributed by atoms with Crippen molar-refractivity contribution >= 4 is 35.2 Å². The van der Waals surface area contributed by atoms with Gasteiger partial charge in [0.05, 0.1) is 37.5 Å². The summed E-state index contributed by atoms with van der Waals surface area (Å²) in [4.78, 5) is 34.7. The second-order valence-electron chi connectivity index (χ2n) is 8.20. The van der Waals surface area contributed by atoms with Gasteiger partial charge >= 0.3 is 0 Å². The summed E-state index contributed by atoms with van der Waals surface area (Å²) in [6.45, 7) is 4.36. The van der Waals surface area contributed by atoms with E-state index in [1.165, 1.54) is 0 Å². The molecule has 0 spiro atoms. The molecule has 2 aromatic rings. The van der Waals surface area contributed by atoms with Crippen molar-refractivity contribution in [2.45, 2.75) is 18.9 Å². The molecule has 5 rings (SSSR count). The highest BCUT2D eigenvalue weighted by Crippen LogP contribution is 2.39. The number of fused-ring (bicyclic) bond motifs is 1. The molecule has 4 heterocycles. The predicted molar refractivity (Wildman–Crippen MR) is 120 cm³/mol. The number of aromatic nitrogens is 1. The Kier molecular flexibility index (Phi) is 5.91. The number of hydrogen-bond acceptors (Lipinski definition) is 7. The Hall–Kier alpha value is -3.17. The van der Waals surface area contributed by atoms with Crippen molar-refractivity contribution in [2.24, 2.45) is 0 Å². The van der Waals surface area contributed by atoms with E-state index in [0.717, 1.165) is 49.5 Å². The Morgan fingerprint density at radius 2 is 1.84 bits per heavy atom. The number of rotatable bonds is 5. The lowest BCUT2D eigenvalue weighted by Crippen LogP contribution is -2.41. The third kappa shape index (κ3) is 4.13. The number of amides is 2. The lowest BCUT2D eigenvalue weighted by Gasteiger charge is -2.32. The number of carbonyl (C=O) groups excluding carboxylic acids is 2. The number of hydrogen-bond donors (Lipinski definition) is 1. The van der Waals surface area contributed by atoms with E-state index in [1.807, 2.05) is 35.2 Å². The maximum atomic E-state index is 12.8. The average molecular weight is 438 g/mol. The van der Waals surface area contributed by atoms with Gasteiger partial charge in [0.15, 0.2) is 0 Å². The molecule has 2 fully saturated rings. The third-order valence-electron chi connectivity index (χ3n) is 6.22. The highest BCUT2D eigenvalue weighted by Gasteiger charge is 2.32. The molecule has 1 aromatic carbocycles. The number of benzene rings is 1. The lowest BCUT2D eigenvalue weighted by molar-refractivity contribution is -0.107. The zero-order chi connectivity index (χ0) is 21.9. The van der Waals surface area contributed by atoms with E-state index in [0.29, 0.717) is 50.4 Å². The molecule has 2 amide bonds. The smallest absolute Gasteiger partial charge is 0.254 e. The quantitative estimate of drug-likeness (QED) is 0.718. The highest BCUT2D eigenvalue weighted by molar-refractivity contribution is 5.95. The van der Waals surface area contributed by atoms with Crippen molar-refractivity contribution in [1.82, 2.24) is 9.88 Å². The van der Waals surface area contributed by atoms with Crippen LogP contribution in [0.25, 0.3) is 0 Å². The summed E-state index contributed by atoms with van der Waals surface area (Å²) in [5.74, 6) is 0.677. The third-order valence-corrected chi connectivity index (χ3v) is 6.22. The van der Waals surface area contributed by atoms with Gasteiger partial charge in [-0.1, -0.05) is 6.07 Å². The molecule has 0 bridgehead atoms. The second-order valence-corrected chi connectivity index (χ2v) is 8.20. The molecular weight excluding hydrogens is 410 g/mol. The molecule has 168 valence electrons. The van der Waals surface area contributed by atoms with Crippen LogP contribution in [0.1, 0.15) is 23.2 Å². The van der Waals surface area contributed by atoms with Crippen LogP contribution in [0, 0.1) is 0 Å². The Morgan fingerprint density at radius 1 is 1.06 bits per heavy atom. The van der Waals surface area contributed by atoms with Gasteiger partial charge in [-0.2, -0.15) is 0 Å². The molecule has 2 saturated heterocycles. The minimum atomic E-state index is 0.00572. The first-order valence-corrected chi connectivity index (χ1v) is 11.0. The van der Waals surface area contributed by atoms with Gasteiger partial charge in [-0.15, -0.1) is 0 Å². The highest BCUT2D eigenvalue weighted by atomic mass is 16.5. The van der Waals surface area contributed by atoms with Crippen molar-refractivity contribution in [3.05, 3.63) is 42.1 Å². The first-order chi connectivity index (χ1) is 15.7. The maximum Gasteiger partial charge on any atom is 0.254 e. The van der Waals surface area contributed by atoms with Crippen LogP contribution in [0.3, 0.4) is 0 Å². The van der Waals surface area contributed by atoms with Gasteiger partial charge in [0.1, 0.15) is 5.82 Å². The van der Waals surface area contributed by atoms with Crippen LogP contribution >= 0.6 is 0 Å². The summed E-state index contributed by atoms with van der Waals surface area (Å²) in [5.41, 5.74) is 3.23. The molecule has 0 aliphatic carbocycles. The monoisotopic (exact) mass is 437 g/mol. The zero-order valence-corrected chi connectivity index (χ0v) is 17.9. The second kappa shape index (κ2) is 9.13. The Labute approximate surface area is 186 Å². The summed E-state index contributed by atoms with van der Waals surface area (Å²) in [6, 6.07) is 9.77. The topological polar surface area (TPSA) is 87.2 Å². The van der Waals surface area contributed by atoms with Gasteiger partial charge in [0, 0.05) is 49.7 Å². The van der Waals surface area contributed by atoms with Crippen molar-refractivity contribution in [1.29, 1.82) is 0 Å². The van der Waals surface area contributed by atoms with Gasteiger partial charge < -0.3 is 24.6 Å². The lowest BCUT2D eigenvalue weighted by atomic mass is 10.1. The fourth-order valence-electron chi connectivity index (χ4n) is 4.50. The molecule has 32 heavy (non-hydrogen) atoms. The Balaban J connectivity index is 1.36. The van der Waals surface area contributed by atoms with E-state index < -0.39 is 0 Å². The van der Waals surface area contributed by atoms with Crippen molar-refractivity contribution in [3.63, 3.8) is 0 Å². The normalized spacial score (nSPS) is 19.1. The largest absolute Gasteiger partial charge is 0.381 e. The maximum absolute atomic E-state index is 12.8. The number of nitrogens with one attached hydrogen (secondary N) is 1. The van der Waals surface area contributed by atoms with E-state index in [-0.39, 0.29) is 5.91 Å². The summed E-state index contributed by atoms with van der Waals surface area (Å²) in [5, 5.41) is 3.32. The van der Waals surface area contributed by atoms with Gasteiger partial charge in [-0.3, -0.25) is 14.5 Å². The molecule has 0 unspecified atom stereocenters. The number of ether oxygens (including phenoxy) is 2. The SMILES string of the molecule is O=CN1CN(C2CCOCC2)c2cc(Nc3cccc(C(=O)N4CCOCC4)c3)ncc21. The predicted octanol–water partition coefficient (Wildman–Crippen LogP) is 2.22. The van der Waals surface area contributed by atoms with Crippen molar-refractivity contribution < 1.29 is 19.1 Å². The standard InChI is InChI=1S/C23H27N5O4/c29-16-27-15-28(19-4-8-31-9-5-19)20-13-22(24-14-21(20)27)25-18-3-1-2-17(12-18)23(30)26-6-10-32-11-7-26/h1-3,12-14,16,19H,4-11,15H2,(H,24,25). The molecule has 3 aliphatic rings. The van der Waals surface area contributed by atoms with Crippen LogP contribution in [0.15, 0.2) is 36.5 Å². The van der Waals surface area contributed by atoms with Crippen LogP contribution in [0.5, 0.6) is 0 Å². The average Bonchev–Trinajstić information content (AvgIpc) is 3.23. The molecule has 1 N–H and O–H groups in total. The molecular formula is C23H27N5O4. The molecule has 9 heteroatoms. The molecule has 0 radical (unpaired) electrons. The first-order valence-electron chi connectivity index (χ1n) is 11.0. The van der Waals surface area contributed by atoms with Crippen LogP contribution in [-0.4, -0.2) is 74.4 Å². The molecule has 0 atom stereocenters. The zero-order valence-electron chi connectivity index (χ0n) is 17.9. The Morgan fingerprint density at radius 3 is 2.62 bits per heavy atom. The molecule has 1 aromatic heterocycles. The molecule has 0 saturated carbocycles. The van der Waals surface area contributed by atoms with Crippen molar-refractivity contribution in [3.8, 4) is 0 Å². The number of nitrogens with zero attached hydrogens (tertiary/aromatic N) is 4. The van der Waals surface area contributed by atoms with Crippen LogP contribution in [0.4, 0.5) is 22.9 Å². The van der Waals surface area contributed by atoms with Crippen LogP contribution < -0.4 is 15.1 Å². The summed E-state index contributed by atoms with van der Waals surface area (Å²) in [7, 11) is 0. The fraction of sp³-hybridized carbons (Fsp3) is 0.435. The number of carbonyl (C=O) groups is 2. The van der Waals surface area contributed by atoms with Crippen LogP contribution in [0.2, 0.25) is 0 Å². The van der Waals surface area contributed by atoms with E-state index in [2.05, 4.69) is 15.2 Å². The van der Waals surface area contributed by atoms with Gasteiger partial charge in [0.25, 0.3) is 5.91 Å². The molecule has 3 aliphatic heterocycles. The Bertz CT molecular complexity index is 988. The number of pyridine rings is 1. The fourth-order valence-corrected chi connectivity index (χ4v) is 4.50. The number of anilines is 4. The minimum Gasteiger partial charge on any atom is -0.381 e. The van der Waals surface area contributed by atoms with E-state index >= 15 is 0 Å². The summed E-state index contributed by atoms with van der Waals surface area (Å²) in [6.07, 6.45) is 4.45. The van der Waals surface area contributed by atoms with Crippen molar-refractivity contribution in [2.75, 3.05) is 61.3 Å². The molecule has 9 nitrogen and oxygen atoms in total. The van der Waals surface area contributed by atoms with Crippen LogP contribution in [-0.2, 0) is 14.3 Å².